The number of ether oxygens (including phenoxy) is 2. The summed E-state index contributed by atoms with van der Waals surface area (Å²) in [6.45, 7) is -6.52. The Balaban J connectivity index is 1.17. The molecule has 3 aliphatic heterocycles. The van der Waals surface area contributed by atoms with Crippen molar-refractivity contribution in [1.29, 1.82) is 0 Å². The highest BCUT2D eigenvalue weighted by atomic mass is 32.7. The van der Waals surface area contributed by atoms with Crippen LogP contribution < -0.4 is 16.4 Å². The molecule has 4 aromatic rings. The number of aromatic nitrogens is 8. The van der Waals surface area contributed by atoms with Crippen LogP contribution in [0.3, 0.4) is 0 Å². The number of aliphatic hydroxyl groups excluding tert-OH is 2. The van der Waals surface area contributed by atoms with Crippen molar-refractivity contribution in [3.05, 3.63) is 35.0 Å². The van der Waals surface area contributed by atoms with Gasteiger partial charge in [-0.05, 0) is 18.7 Å². The second-order valence-corrected chi connectivity index (χ2v) is 17.7. The van der Waals surface area contributed by atoms with Crippen molar-refractivity contribution >= 4 is 65.5 Å². The van der Waals surface area contributed by atoms with E-state index < -0.39 is 67.6 Å². The van der Waals surface area contributed by atoms with E-state index >= 15 is 0 Å². The van der Waals surface area contributed by atoms with Gasteiger partial charge >= 0.3 is 0 Å². The lowest BCUT2D eigenvalue weighted by atomic mass is 10.0. The fraction of sp³-hybridized carbons (Fsp3) is 0.545. The molecule has 242 valence electrons. The lowest BCUT2D eigenvalue weighted by Gasteiger charge is -2.30. The van der Waals surface area contributed by atoms with E-state index in [-0.39, 0.29) is 36.5 Å². The Morgan fingerprint density at radius 3 is 2.47 bits per heavy atom. The number of nitrogens with two attached hydrogens (primary N) is 1. The highest BCUT2D eigenvalue weighted by Crippen LogP contribution is 2.57. The molecule has 0 aliphatic carbocycles. The maximum absolute atomic E-state index is 13.7. The number of rotatable bonds is 2. The molecule has 0 bridgehead atoms. The summed E-state index contributed by atoms with van der Waals surface area (Å²) < 4.78 is 40.3. The highest BCUT2D eigenvalue weighted by Gasteiger charge is 2.51. The van der Waals surface area contributed by atoms with E-state index in [1.54, 1.807) is 11.5 Å². The van der Waals surface area contributed by atoms with Crippen LogP contribution in [0.4, 0.5) is 5.95 Å². The first-order valence-corrected chi connectivity index (χ1v) is 19.2. The highest BCUT2D eigenvalue weighted by molar-refractivity contribution is 8.46. The summed E-state index contributed by atoms with van der Waals surface area (Å²) in [6.07, 6.45) is -2.98. The van der Waals surface area contributed by atoms with Crippen LogP contribution in [0.2, 0.25) is 0 Å². The quantitative estimate of drug-likeness (QED) is 0.101. The van der Waals surface area contributed by atoms with Gasteiger partial charge in [-0.1, -0.05) is 12.2 Å². The van der Waals surface area contributed by atoms with Crippen molar-refractivity contribution in [1.82, 2.24) is 44.1 Å². The molecule has 0 amide bonds. The van der Waals surface area contributed by atoms with Crippen LogP contribution in [0.5, 0.6) is 0 Å². The van der Waals surface area contributed by atoms with Crippen LogP contribution in [0, 0.1) is 12.8 Å². The molecule has 4 aromatic heterocycles. The van der Waals surface area contributed by atoms with Gasteiger partial charge in [-0.2, -0.15) is 4.98 Å². The van der Waals surface area contributed by atoms with Gasteiger partial charge in [-0.3, -0.25) is 23.5 Å². The number of imidazole rings is 2. The number of aromatic amines is 1. The summed E-state index contributed by atoms with van der Waals surface area (Å²) in [6, 6.07) is -1.10. The second-order valence-electron chi connectivity index (χ2n) is 10.9. The number of nitrogens with one attached hydrogen (secondary N) is 2. The summed E-state index contributed by atoms with van der Waals surface area (Å²) in [5.74, 6) is -1.01. The number of H-pyrrole nitrogens is 1. The van der Waals surface area contributed by atoms with Crippen LogP contribution in [0.1, 0.15) is 18.1 Å². The van der Waals surface area contributed by atoms with Crippen molar-refractivity contribution < 1.29 is 38.2 Å². The number of aliphatic hydroxyl groups is 2. The monoisotopic (exact) mass is 702 g/mol. The number of thiol groups is 1. The molecular formula is C22H28N10O9P2S2. The maximum Gasteiger partial charge on any atom is 0.280 e. The molecule has 0 aromatic carbocycles. The Morgan fingerprint density at radius 1 is 1.02 bits per heavy atom. The molecule has 0 saturated carbocycles. The zero-order valence-electron chi connectivity index (χ0n) is 23.2. The number of anilines is 1. The first kappa shape index (κ1) is 31.2. The number of nitrogens with zero attached hydrogens (tertiary/aromatic N) is 7. The molecule has 2 unspecified atom stereocenters. The fourth-order valence-electron chi connectivity index (χ4n) is 5.88. The minimum atomic E-state index is -3.86. The molecule has 7 heterocycles. The molecule has 7 rings (SSSR count). The summed E-state index contributed by atoms with van der Waals surface area (Å²) >= 11 is 9.71. The van der Waals surface area contributed by atoms with Gasteiger partial charge < -0.3 is 39.4 Å². The number of aryl methyl sites for hydroxylation is 1. The largest absolute Gasteiger partial charge is 0.388 e. The number of hydrogen-bond donors (Lipinski definition) is 7. The average Bonchev–Trinajstić information content (AvgIpc) is 3.72. The van der Waals surface area contributed by atoms with E-state index in [1.165, 1.54) is 23.5 Å². The third kappa shape index (κ3) is 5.64. The Bertz CT molecular complexity index is 1940. The molecule has 19 nitrogen and oxygen atoms in total. The van der Waals surface area contributed by atoms with Gasteiger partial charge in [0.15, 0.2) is 29.3 Å². The Labute approximate surface area is 263 Å². The molecule has 23 heteroatoms. The molecule has 3 saturated heterocycles. The first-order valence-electron chi connectivity index (χ1n) is 13.6. The van der Waals surface area contributed by atoms with Gasteiger partial charge in [0, 0.05) is 12.1 Å². The summed E-state index contributed by atoms with van der Waals surface area (Å²) in [5.41, 5.74) is 6.69. The Morgan fingerprint density at radius 2 is 1.69 bits per heavy atom. The minimum Gasteiger partial charge on any atom is -0.388 e. The van der Waals surface area contributed by atoms with Gasteiger partial charge in [0.1, 0.15) is 30.2 Å². The van der Waals surface area contributed by atoms with Gasteiger partial charge in [-0.25, -0.2) is 25.0 Å². The van der Waals surface area contributed by atoms with Crippen molar-refractivity contribution in [2.45, 2.75) is 49.8 Å². The van der Waals surface area contributed by atoms with Crippen LogP contribution in [0.15, 0.2) is 23.8 Å². The van der Waals surface area contributed by atoms with E-state index in [0.29, 0.717) is 16.9 Å². The van der Waals surface area contributed by atoms with Crippen LogP contribution in [0.25, 0.3) is 22.3 Å². The van der Waals surface area contributed by atoms with Crippen molar-refractivity contribution in [2.75, 3.05) is 25.1 Å². The summed E-state index contributed by atoms with van der Waals surface area (Å²) in [7, 11) is 0. The van der Waals surface area contributed by atoms with Gasteiger partial charge in [-0.15, -0.1) is 0 Å². The Hall–Kier alpha value is -2.39. The molecule has 3 aliphatic rings. The predicted molar refractivity (Wildman–Crippen MR) is 163 cm³/mol. The zero-order valence-corrected chi connectivity index (χ0v) is 26.7. The standard InChI is InChI=1S/C22H28N10O9P2S2/c1-8-12-17(25-5-24-8)31(6-26-12)20-15(33)9-4-42(36,44)38-3-11-13(30-43(37,45)39-2-10(9)40-20)16(34)21(41-11)32-7-27-14-18(32)28-22(23)29-19(14)35/h5-7,9-11,13,15-16,20-21,33-34H,2-4H2,1H3,(H,36,44)(H2,30,37,45)(H3,23,28,29,35)/t9-,10-,11-,13-,15-,16-,20-,21-,42?,43?/m1/s1. The summed E-state index contributed by atoms with van der Waals surface area (Å²) in [5, 5.41) is 25.5. The normalized spacial score (nSPS) is 37.7. The SMILES string of the molecule is Cc1ncnc2c1ncn2[C@@H]1O[C@@H]2COP(O)(=S)N[C@H]3[C@@H](O)[C@H](n4cnc5c(=O)[nH]c(N)nc54)O[C@@H]3COP(=O)(S)C[C@H]2[C@H]1O. The topological polar surface area (TPSA) is 260 Å². The maximum atomic E-state index is 13.7. The van der Waals surface area contributed by atoms with E-state index in [1.807, 2.05) is 0 Å². The second kappa shape index (κ2) is 11.4. The molecule has 45 heavy (non-hydrogen) atoms. The van der Waals surface area contributed by atoms with Crippen LogP contribution >= 0.6 is 25.5 Å². The smallest absolute Gasteiger partial charge is 0.280 e. The molecule has 0 spiro atoms. The predicted octanol–water partition coefficient (Wildman–Crippen LogP) is -0.672. The number of nitrogen functional groups attached to an aromatic ring is 1. The molecule has 3 fully saturated rings. The van der Waals surface area contributed by atoms with Crippen LogP contribution in [-0.4, -0.2) is 104 Å². The Kier molecular flexibility index (Phi) is 7.90. The summed E-state index contributed by atoms with van der Waals surface area (Å²) in [4.78, 5) is 46.7. The van der Waals surface area contributed by atoms with Gasteiger partial charge in [0.2, 0.25) is 5.95 Å². The minimum absolute atomic E-state index is 0.0406. The van der Waals surface area contributed by atoms with Crippen molar-refractivity contribution in [3.63, 3.8) is 0 Å². The number of hydrogen-bond acceptors (Lipinski definition) is 15. The molecule has 0 radical (unpaired) electrons. The molecule has 7 N–H and O–H groups in total. The molecule has 10 atom stereocenters. The zero-order chi connectivity index (χ0) is 31.8. The third-order valence-electron chi connectivity index (χ3n) is 8.05. The first-order chi connectivity index (χ1) is 21.3. The molecular weight excluding hydrogens is 674 g/mol. The van der Waals surface area contributed by atoms with Gasteiger partial charge in [0.25, 0.3) is 18.8 Å². The van der Waals surface area contributed by atoms with Crippen molar-refractivity contribution in [2.24, 2.45) is 5.92 Å². The van der Waals surface area contributed by atoms with Crippen molar-refractivity contribution in [3.8, 4) is 0 Å². The van der Waals surface area contributed by atoms with Crippen LogP contribution in [-0.2, 0) is 34.9 Å². The number of fused-ring (bicyclic) bond motifs is 4. The van der Waals surface area contributed by atoms with E-state index in [9.17, 15) is 24.5 Å². The lowest BCUT2D eigenvalue weighted by Crippen LogP contribution is -2.45. The van der Waals surface area contributed by atoms with E-state index in [4.69, 9.17) is 36.1 Å². The van der Waals surface area contributed by atoms with E-state index in [0.717, 1.165) is 0 Å². The van der Waals surface area contributed by atoms with E-state index in [2.05, 4.69) is 47.2 Å². The lowest BCUT2D eigenvalue weighted by molar-refractivity contribution is -0.0468. The third-order valence-corrected chi connectivity index (χ3v) is 12.1. The average molecular weight is 703 g/mol. The fourth-order valence-corrected chi connectivity index (χ4v) is 9.78. The van der Waals surface area contributed by atoms with Gasteiger partial charge in [0.05, 0.1) is 43.7 Å².